The molecule has 0 unspecified atom stereocenters. The maximum absolute atomic E-state index is 11.6. The SMILES string of the molecule is CC(=O)C[C@H]1CCc2cc([N+](=O)[O-])ccc2N1Cc1ccccc1. The lowest BCUT2D eigenvalue weighted by Gasteiger charge is -2.38. The molecule has 124 valence electrons. The maximum atomic E-state index is 11.6. The van der Waals surface area contributed by atoms with Gasteiger partial charge in [0.2, 0.25) is 0 Å². The van der Waals surface area contributed by atoms with E-state index in [0.717, 1.165) is 29.7 Å². The van der Waals surface area contributed by atoms with Crippen LogP contribution in [-0.4, -0.2) is 16.7 Å². The largest absolute Gasteiger partial charge is 0.364 e. The molecule has 24 heavy (non-hydrogen) atoms. The monoisotopic (exact) mass is 324 g/mol. The Balaban J connectivity index is 1.96. The summed E-state index contributed by atoms with van der Waals surface area (Å²) < 4.78 is 0. The van der Waals surface area contributed by atoms with Crippen molar-refractivity contribution in [1.29, 1.82) is 0 Å². The molecule has 0 bridgehead atoms. The van der Waals surface area contributed by atoms with Crippen LogP contribution in [0.1, 0.15) is 30.9 Å². The van der Waals surface area contributed by atoms with Gasteiger partial charge in [0.1, 0.15) is 5.78 Å². The van der Waals surface area contributed by atoms with Crippen LogP contribution in [0.15, 0.2) is 48.5 Å². The molecular formula is C19H20N2O3. The minimum absolute atomic E-state index is 0.124. The van der Waals surface area contributed by atoms with E-state index in [-0.39, 0.29) is 22.4 Å². The van der Waals surface area contributed by atoms with Crippen LogP contribution in [-0.2, 0) is 17.8 Å². The van der Waals surface area contributed by atoms with Crippen molar-refractivity contribution < 1.29 is 9.72 Å². The molecule has 0 saturated carbocycles. The molecule has 1 heterocycles. The van der Waals surface area contributed by atoms with Crippen LogP contribution >= 0.6 is 0 Å². The number of fused-ring (bicyclic) bond motifs is 1. The van der Waals surface area contributed by atoms with Crippen molar-refractivity contribution in [2.24, 2.45) is 0 Å². The molecule has 5 heteroatoms. The van der Waals surface area contributed by atoms with Gasteiger partial charge in [-0.1, -0.05) is 30.3 Å². The number of hydrogen-bond acceptors (Lipinski definition) is 4. The molecule has 0 aliphatic carbocycles. The van der Waals surface area contributed by atoms with Crippen molar-refractivity contribution in [2.75, 3.05) is 4.90 Å². The zero-order chi connectivity index (χ0) is 17.1. The first-order valence-electron chi connectivity index (χ1n) is 8.12. The number of rotatable bonds is 5. The van der Waals surface area contributed by atoms with E-state index >= 15 is 0 Å². The van der Waals surface area contributed by atoms with Crippen molar-refractivity contribution in [3.63, 3.8) is 0 Å². The van der Waals surface area contributed by atoms with Crippen LogP contribution in [0, 0.1) is 10.1 Å². The van der Waals surface area contributed by atoms with E-state index < -0.39 is 0 Å². The minimum atomic E-state index is -0.358. The van der Waals surface area contributed by atoms with Gasteiger partial charge in [-0.05, 0) is 37.0 Å². The molecule has 0 N–H and O–H groups in total. The van der Waals surface area contributed by atoms with E-state index in [1.54, 1.807) is 19.1 Å². The molecular weight excluding hydrogens is 304 g/mol. The Kier molecular flexibility index (Phi) is 4.60. The summed E-state index contributed by atoms with van der Waals surface area (Å²) in [5.74, 6) is 0.170. The molecule has 0 aromatic heterocycles. The number of hydrogen-bond donors (Lipinski definition) is 0. The third-order valence-electron chi connectivity index (χ3n) is 4.49. The van der Waals surface area contributed by atoms with Gasteiger partial charge in [0, 0.05) is 36.8 Å². The van der Waals surface area contributed by atoms with Gasteiger partial charge in [0.15, 0.2) is 0 Å². The number of nitrogens with zero attached hydrogens (tertiary/aromatic N) is 2. The molecule has 0 fully saturated rings. The molecule has 1 atom stereocenters. The van der Waals surface area contributed by atoms with Crippen LogP contribution in [0.5, 0.6) is 0 Å². The van der Waals surface area contributed by atoms with Crippen molar-refractivity contribution in [1.82, 2.24) is 0 Å². The Bertz CT molecular complexity index is 758. The Labute approximate surface area is 141 Å². The fourth-order valence-electron chi connectivity index (χ4n) is 3.38. The lowest BCUT2D eigenvalue weighted by Crippen LogP contribution is -2.40. The van der Waals surface area contributed by atoms with Gasteiger partial charge in [-0.2, -0.15) is 0 Å². The van der Waals surface area contributed by atoms with E-state index in [1.165, 1.54) is 0 Å². The number of aryl methyl sites for hydroxylation is 1. The summed E-state index contributed by atoms with van der Waals surface area (Å²) in [5, 5.41) is 11.0. The number of nitro benzene ring substituents is 1. The van der Waals surface area contributed by atoms with E-state index in [4.69, 9.17) is 0 Å². The third kappa shape index (κ3) is 3.45. The Hall–Kier alpha value is -2.69. The van der Waals surface area contributed by atoms with Crippen molar-refractivity contribution >= 4 is 17.2 Å². The van der Waals surface area contributed by atoms with E-state index in [9.17, 15) is 14.9 Å². The summed E-state index contributed by atoms with van der Waals surface area (Å²) in [6, 6.07) is 15.3. The highest BCUT2D eigenvalue weighted by molar-refractivity contribution is 5.77. The zero-order valence-corrected chi connectivity index (χ0v) is 13.6. The van der Waals surface area contributed by atoms with Crippen LogP contribution in [0.2, 0.25) is 0 Å². The van der Waals surface area contributed by atoms with Crippen molar-refractivity contribution in [3.05, 3.63) is 69.8 Å². The summed E-state index contributed by atoms with van der Waals surface area (Å²) in [6.07, 6.45) is 2.10. The van der Waals surface area contributed by atoms with Crippen molar-refractivity contribution in [2.45, 2.75) is 38.8 Å². The number of nitro groups is 1. The second-order valence-corrected chi connectivity index (χ2v) is 6.28. The van der Waals surface area contributed by atoms with Crippen LogP contribution in [0.4, 0.5) is 11.4 Å². The predicted octanol–water partition coefficient (Wildman–Crippen LogP) is 3.90. The number of carbonyl (C=O) groups is 1. The summed E-state index contributed by atoms with van der Waals surface area (Å²) in [6.45, 7) is 2.32. The molecule has 0 amide bonds. The van der Waals surface area contributed by atoms with E-state index in [1.807, 2.05) is 24.3 Å². The molecule has 3 rings (SSSR count). The topological polar surface area (TPSA) is 63.4 Å². The first-order chi connectivity index (χ1) is 11.5. The minimum Gasteiger partial charge on any atom is -0.364 e. The van der Waals surface area contributed by atoms with Gasteiger partial charge < -0.3 is 4.90 Å². The molecule has 0 radical (unpaired) electrons. The standard InChI is InChI=1S/C19H20N2O3/c1-14(22)11-17-8-7-16-12-18(21(23)24)9-10-19(16)20(17)13-15-5-3-2-4-6-15/h2-6,9-10,12,17H,7-8,11,13H2,1H3/t17-/m1/s1. The number of non-ortho nitro benzene ring substituents is 1. The summed E-state index contributed by atoms with van der Waals surface area (Å²) in [4.78, 5) is 24.5. The molecule has 1 aliphatic heterocycles. The lowest BCUT2D eigenvalue weighted by atomic mass is 9.92. The Morgan fingerprint density at radius 2 is 2.00 bits per heavy atom. The third-order valence-corrected chi connectivity index (χ3v) is 4.49. The van der Waals surface area contributed by atoms with Crippen LogP contribution in [0.3, 0.4) is 0 Å². The zero-order valence-electron chi connectivity index (χ0n) is 13.6. The average molecular weight is 324 g/mol. The van der Waals surface area contributed by atoms with Gasteiger partial charge in [0.05, 0.1) is 4.92 Å². The van der Waals surface area contributed by atoms with Crippen molar-refractivity contribution in [3.8, 4) is 0 Å². The number of anilines is 1. The highest BCUT2D eigenvalue weighted by Gasteiger charge is 2.28. The highest BCUT2D eigenvalue weighted by Crippen LogP contribution is 2.35. The Morgan fingerprint density at radius 3 is 2.67 bits per heavy atom. The van der Waals surface area contributed by atoms with Gasteiger partial charge in [-0.25, -0.2) is 0 Å². The number of ketones is 1. The summed E-state index contributed by atoms with van der Waals surface area (Å²) >= 11 is 0. The van der Waals surface area contributed by atoms with Gasteiger partial charge in [-0.3, -0.25) is 14.9 Å². The smallest absolute Gasteiger partial charge is 0.269 e. The molecule has 1 aliphatic rings. The van der Waals surface area contributed by atoms with Crippen LogP contribution in [0.25, 0.3) is 0 Å². The first-order valence-corrected chi connectivity index (χ1v) is 8.12. The second kappa shape index (κ2) is 6.83. The molecule has 0 saturated heterocycles. The lowest BCUT2D eigenvalue weighted by molar-refractivity contribution is -0.384. The van der Waals surface area contributed by atoms with Gasteiger partial charge in [-0.15, -0.1) is 0 Å². The number of Topliss-reactive ketones (excluding diaryl/α,β-unsaturated/α-hetero) is 1. The van der Waals surface area contributed by atoms with E-state index in [0.29, 0.717) is 13.0 Å². The fourth-order valence-corrected chi connectivity index (χ4v) is 3.38. The second-order valence-electron chi connectivity index (χ2n) is 6.28. The van der Waals surface area contributed by atoms with E-state index in [2.05, 4.69) is 17.0 Å². The molecule has 5 nitrogen and oxygen atoms in total. The maximum Gasteiger partial charge on any atom is 0.269 e. The quantitative estimate of drug-likeness (QED) is 0.618. The predicted molar refractivity (Wildman–Crippen MR) is 93.1 cm³/mol. The first kappa shape index (κ1) is 16.2. The van der Waals surface area contributed by atoms with Gasteiger partial charge in [0.25, 0.3) is 5.69 Å². The van der Waals surface area contributed by atoms with Crippen LogP contribution < -0.4 is 4.90 Å². The Morgan fingerprint density at radius 1 is 1.25 bits per heavy atom. The summed E-state index contributed by atoms with van der Waals surface area (Å²) in [5.41, 5.74) is 3.28. The molecule has 2 aromatic rings. The van der Waals surface area contributed by atoms with Gasteiger partial charge >= 0.3 is 0 Å². The average Bonchev–Trinajstić information content (AvgIpc) is 2.57. The molecule has 2 aromatic carbocycles. The number of benzene rings is 2. The number of carbonyl (C=O) groups excluding carboxylic acids is 1. The molecule has 0 spiro atoms. The summed E-state index contributed by atoms with van der Waals surface area (Å²) in [7, 11) is 0. The fraction of sp³-hybridized carbons (Fsp3) is 0.316. The highest BCUT2D eigenvalue weighted by atomic mass is 16.6. The normalized spacial score (nSPS) is 16.5.